The highest BCUT2D eigenvalue weighted by atomic mass is 16.2. The van der Waals surface area contributed by atoms with Crippen LogP contribution in [0.1, 0.15) is 30.4 Å². The Labute approximate surface area is 167 Å². The van der Waals surface area contributed by atoms with Gasteiger partial charge in [-0.25, -0.2) is 0 Å². The first kappa shape index (κ1) is 19.6. The van der Waals surface area contributed by atoms with Crippen LogP contribution in [-0.2, 0) is 11.3 Å². The molecule has 0 aliphatic carbocycles. The van der Waals surface area contributed by atoms with Gasteiger partial charge in [0, 0.05) is 31.2 Å². The molecule has 28 heavy (non-hydrogen) atoms. The number of carbonyl (C=O) groups is 1. The third-order valence-electron chi connectivity index (χ3n) is 4.82. The molecular weight excluding hydrogens is 346 g/mol. The van der Waals surface area contributed by atoms with Gasteiger partial charge in [-0.1, -0.05) is 61.5 Å². The number of hydrogen-bond donors (Lipinski definition) is 1. The van der Waals surface area contributed by atoms with Crippen LogP contribution in [0.2, 0.25) is 0 Å². The summed E-state index contributed by atoms with van der Waals surface area (Å²) in [6, 6.07) is 24.4. The molecule has 4 nitrogen and oxygen atoms in total. The predicted octanol–water partition coefficient (Wildman–Crippen LogP) is 4.40. The number of nitrogens with one attached hydrogen (secondary N) is 1. The fourth-order valence-corrected chi connectivity index (χ4v) is 3.19. The minimum Gasteiger partial charge on any atom is -0.358 e. The van der Waals surface area contributed by atoms with E-state index in [0.717, 1.165) is 17.7 Å². The van der Waals surface area contributed by atoms with Gasteiger partial charge in [0.1, 0.15) is 0 Å². The van der Waals surface area contributed by atoms with Crippen molar-refractivity contribution in [3.8, 4) is 0 Å². The second-order valence-corrected chi connectivity index (χ2v) is 7.00. The van der Waals surface area contributed by atoms with Crippen molar-refractivity contribution in [2.75, 3.05) is 18.0 Å². The monoisotopic (exact) mass is 373 g/mol. The van der Waals surface area contributed by atoms with Gasteiger partial charge in [-0.2, -0.15) is 0 Å². The fraction of sp³-hybridized carbons (Fsp3) is 0.250. The Balaban J connectivity index is 1.55. The SMILES string of the molecule is CC(CCNC(=O)CN(Cc1cccnc1)c1ccccc1)c1ccccc1. The van der Waals surface area contributed by atoms with Crippen LogP contribution < -0.4 is 10.2 Å². The van der Waals surface area contributed by atoms with E-state index in [4.69, 9.17) is 0 Å². The number of benzene rings is 2. The third kappa shape index (κ3) is 5.95. The van der Waals surface area contributed by atoms with Gasteiger partial charge in [-0.3, -0.25) is 9.78 Å². The maximum atomic E-state index is 12.6. The van der Waals surface area contributed by atoms with E-state index in [0.29, 0.717) is 25.6 Å². The van der Waals surface area contributed by atoms with E-state index in [1.807, 2.05) is 54.7 Å². The first-order valence-corrected chi connectivity index (χ1v) is 9.73. The van der Waals surface area contributed by atoms with E-state index < -0.39 is 0 Å². The van der Waals surface area contributed by atoms with Gasteiger partial charge >= 0.3 is 0 Å². The van der Waals surface area contributed by atoms with Crippen LogP contribution in [0.25, 0.3) is 0 Å². The van der Waals surface area contributed by atoms with E-state index in [9.17, 15) is 4.79 Å². The largest absolute Gasteiger partial charge is 0.358 e. The van der Waals surface area contributed by atoms with Crippen LogP contribution in [0.4, 0.5) is 5.69 Å². The lowest BCUT2D eigenvalue weighted by atomic mass is 9.98. The van der Waals surface area contributed by atoms with Crippen LogP contribution in [0, 0.1) is 0 Å². The molecule has 0 saturated heterocycles. The molecular formula is C24H27N3O. The highest BCUT2D eigenvalue weighted by Gasteiger charge is 2.13. The Kier molecular flexibility index (Phi) is 7.19. The number of aromatic nitrogens is 1. The number of pyridine rings is 1. The molecule has 1 aromatic heterocycles. The van der Waals surface area contributed by atoms with E-state index in [1.54, 1.807) is 6.20 Å². The normalized spacial score (nSPS) is 11.6. The van der Waals surface area contributed by atoms with Crippen molar-refractivity contribution in [3.05, 3.63) is 96.3 Å². The smallest absolute Gasteiger partial charge is 0.239 e. The number of amides is 1. The average molecular weight is 374 g/mol. The lowest BCUT2D eigenvalue weighted by molar-refractivity contribution is -0.119. The van der Waals surface area contributed by atoms with Crippen LogP contribution in [0.3, 0.4) is 0 Å². The molecule has 1 N–H and O–H groups in total. The molecule has 1 unspecified atom stereocenters. The van der Waals surface area contributed by atoms with Crippen molar-refractivity contribution in [2.45, 2.75) is 25.8 Å². The summed E-state index contributed by atoms with van der Waals surface area (Å²) in [4.78, 5) is 18.8. The maximum Gasteiger partial charge on any atom is 0.239 e. The van der Waals surface area contributed by atoms with E-state index >= 15 is 0 Å². The summed E-state index contributed by atoms with van der Waals surface area (Å²) < 4.78 is 0. The Morgan fingerprint density at radius 3 is 2.39 bits per heavy atom. The van der Waals surface area contributed by atoms with E-state index in [1.165, 1.54) is 5.56 Å². The second kappa shape index (κ2) is 10.3. The molecule has 0 aliphatic rings. The number of carbonyl (C=O) groups excluding carboxylic acids is 1. The number of para-hydroxylation sites is 1. The quantitative estimate of drug-likeness (QED) is 0.605. The summed E-state index contributed by atoms with van der Waals surface area (Å²) in [5.41, 5.74) is 3.41. The van der Waals surface area contributed by atoms with E-state index in [-0.39, 0.29) is 5.91 Å². The lowest BCUT2D eigenvalue weighted by Crippen LogP contribution is -2.37. The Bertz CT molecular complexity index is 837. The Morgan fingerprint density at radius 1 is 1.00 bits per heavy atom. The number of rotatable bonds is 9. The zero-order valence-corrected chi connectivity index (χ0v) is 16.3. The summed E-state index contributed by atoms with van der Waals surface area (Å²) in [5, 5.41) is 3.07. The summed E-state index contributed by atoms with van der Waals surface area (Å²) >= 11 is 0. The molecule has 1 amide bonds. The minimum atomic E-state index is 0.0352. The van der Waals surface area contributed by atoms with Crippen molar-refractivity contribution >= 4 is 11.6 Å². The lowest BCUT2D eigenvalue weighted by Gasteiger charge is -2.24. The number of hydrogen-bond acceptors (Lipinski definition) is 3. The molecule has 3 rings (SSSR count). The molecule has 1 heterocycles. The Hall–Kier alpha value is -3.14. The van der Waals surface area contributed by atoms with Gasteiger partial charge in [0.05, 0.1) is 6.54 Å². The van der Waals surface area contributed by atoms with Gasteiger partial charge in [-0.05, 0) is 41.7 Å². The van der Waals surface area contributed by atoms with Crippen molar-refractivity contribution in [2.24, 2.45) is 0 Å². The molecule has 144 valence electrons. The van der Waals surface area contributed by atoms with E-state index in [2.05, 4.69) is 46.4 Å². The number of anilines is 1. The molecule has 0 radical (unpaired) electrons. The molecule has 3 aromatic rings. The molecule has 0 fully saturated rings. The topological polar surface area (TPSA) is 45.2 Å². The van der Waals surface area contributed by atoms with Crippen molar-refractivity contribution in [1.29, 1.82) is 0 Å². The first-order valence-electron chi connectivity index (χ1n) is 9.73. The molecule has 2 aromatic carbocycles. The fourth-order valence-electron chi connectivity index (χ4n) is 3.19. The number of nitrogens with zero attached hydrogens (tertiary/aromatic N) is 2. The summed E-state index contributed by atoms with van der Waals surface area (Å²) in [5.74, 6) is 0.454. The average Bonchev–Trinajstić information content (AvgIpc) is 2.75. The van der Waals surface area contributed by atoms with Crippen LogP contribution in [-0.4, -0.2) is 24.0 Å². The molecule has 0 bridgehead atoms. The Morgan fingerprint density at radius 2 is 1.71 bits per heavy atom. The standard InChI is InChI=1S/C24H27N3O/c1-20(22-10-4-2-5-11-22)14-16-26-24(28)19-27(23-12-6-3-7-13-23)18-21-9-8-15-25-17-21/h2-13,15,17,20H,14,16,18-19H2,1H3,(H,26,28). The minimum absolute atomic E-state index is 0.0352. The van der Waals surface area contributed by atoms with Crippen molar-refractivity contribution < 1.29 is 4.79 Å². The summed E-state index contributed by atoms with van der Waals surface area (Å²) in [7, 11) is 0. The second-order valence-electron chi connectivity index (χ2n) is 7.00. The van der Waals surface area contributed by atoms with Crippen LogP contribution >= 0.6 is 0 Å². The zero-order chi connectivity index (χ0) is 19.6. The van der Waals surface area contributed by atoms with Crippen LogP contribution in [0.15, 0.2) is 85.2 Å². The van der Waals surface area contributed by atoms with Gasteiger partial charge in [0.15, 0.2) is 0 Å². The van der Waals surface area contributed by atoms with Crippen molar-refractivity contribution in [3.63, 3.8) is 0 Å². The predicted molar refractivity (Wildman–Crippen MR) is 114 cm³/mol. The van der Waals surface area contributed by atoms with Gasteiger partial charge in [0.25, 0.3) is 0 Å². The van der Waals surface area contributed by atoms with Crippen molar-refractivity contribution in [1.82, 2.24) is 10.3 Å². The molecule has 1 atom stereocenters. The highest BCUT2D eigenvalue weighted by molar-refractivity contribution is 5.81. The van der Waals surface area contributed by atoms with Gasteiger partial charge < -0.3 is 10.2 Å². The summed E-state index contributed by atoms with van der Waals surface area (Å²) in [6.45, 7) is 3.83. The maximum absolute atomic E-state index is 12.6. The zero-order valence-electron chi connectivity index (χ0n) is 16.3. The molecule has 0 aliphatic heterocycles. The first-order chi connectivity index (χ1) is 13.7. The van der Waals surface area contributed by atoms with Gasteiger partial charge in [-0.15, -0.1) is 0 Å². The van der Waals surface area contributed by atoms with Crippen LogP contribution in [0.5, 0.6) is 0 Å². The molecule has 0 saturated carbocycles. The molecule has 4 heteroatoms. The third-order valence-corrected chi connectivity index (χ3v) is 4.82. The highest BCUT2D eigenvalue weighted by Crippen LogP contribution is 2.18. The molecule has 0 spiro atoms. The van der Waals surface area contributed by atoms with Gasteiger partial charge in [0.2, 0.25) is 5.91 Å². The summed E-state index contributed by atoms with van der Waals surface area (Å²) in [6.07, 6.45) is 4.52.